The van der Waals surface area contributed by atoms with Gasteiger partial charge >= 0.3 is 6.09 Å². The Balaban J connectivity index is 1.45. The third kappa shape index (κ3) is 5.97. The summed E-state index contributed by atoms with van der Waals surface area (Å²) >= 11 is 1.12. The number of carbonyl (C=O) groups excluding carboxylic acids is 1. The van der Waals surface area contributed by atoms with Crippen molar-refractivity contribution in [2.24, 2.45) is 11.1 Å². The van der Waals surface area contributed by atoms with E-state index in [1.807, 2.05) is 44.2 Å². The molecule has 1 heterocycles. The quantitative estimate of drug-likeness (QED) is 0.225. The highest BCUT2D eigenvalue weighted by Crippen LogP contribution is 2.37. The number of amides is 1. The van der Waals surface area contributed by atoms with Crippen molar-refractivity contribution in [3.05, 3.63) is 42.0 Å². The lowest BCUT2D eigenvalue weighted by molar-refractivity contribution is 0.0775. The summed E-state index contributed by atoms with van der Waals surface area (Å²) in [6.07, 6.45) is 1.49. The molecule has 166 valence electrons. The third-order valence-corrected chi connectivity index (χ3v) is 5.13. The first-order valence-corrected chi connectivity index (χ1v) is 10.6. The van der Waals surface area contributed by atoms with Crippen molar-refractivity contribution in [3.63, 3.8) is 0 Å². The predicted octanol–water partition coefficient (Wildman–Crippen LogP) is 5.44. The van der Waals surface area contributed by atoms with E-state index in [9.17, 15) is 4.79 Å². The number of carbonyl (C=O) groups is 1. The number of hydrogen-bond acceptors (Lipinski definition) is 8. The van der Waals surface area contributed by atoms with Crippen LogP contribution < -0.4 is 19.5 Å². The summed E-state index contributed by atoms with van der Waals surface area (Å²) in [6, 6.07) is 11.0. The van der Waals surface area contributed by atoms with Crippen molar-refractivity contribution in [3.8, 4) is 17.2 Å². The summed E-state index contributed by atoms with van der Waals surface area (Å²) in [6.45, 7) is 4.46. The summed E-state index contributed by atoms with van der Waals surface area (Å²) in [5.41, 5.74) is 1.67. The van der Waals surface area contributed by atoms with Crippen LogP contribution in [-0.2, 0) is 9.02 Å². The Morgan fingerprint density at radius 2 is 1.97 bits per heavy atom. The zero-order chi connectivity index (χ0) is 22.2. The molecule has 0 saturated carbocycles. The number of methoxy groups -OCH3 is 2. The zero-order valence-electron chi connectivity index (χ0n) is 17.9. The Hall–Kier alpha value is -3.07. The molecule has 0 fully saturated rings. The number of oxime groups is 1. The van der Waals surface area contributed by atoms with Crippen molar-refractivity contribution < 1.29 is 28.0 Å². The number of rotatable bonds is 10. The van der Waals surface area contributed by atoms with Crippen LogP contribution >= 0.6 is 12.0 Å². The predicted molar refractivity (Wildman–Crippen MR) is 119 cm³/mol. The topological polar surface area (TPSA) is 87.6 Å². The molecular formula is C22H26N2O6S. The Bertz CT molecular complexity index is 934. The van der Waals surface area contributed by atoms with Crippen LogP contribution in [0.2, 0.25) is 0 Å². The molecule has 9 heteroatoms. The summed E-state index contributed by atoms with van der Waals surface area (Å²) in [5.74, 6) is 2.15. The molecule has 0 radical (unpaired) electrons. The number of benzene rings is 2. The van der Waals surface area contributed by atoms with Gasteiger partial charge in [-0.1, -0.05) is 19.0 Å². The van der Waals surface area contributed by atoms with E-state index in [0.29, 0.717) is 30.3 Å². The molecular weight excluding hydrogens is 420 g/mol. The Morgan fingerprint density at radius 3 is 2.71 bits per heavy atom. The second kappa shape index (κ2) is 10.8. The first-order valence-electron chi connectivity index (χ1n) is 9.83. The molecule has 0 spiro atoms. The molecule has 0 bridgehead atoms. The first kappa shape index (κ1) is 22.6. The average Bonchev–Trinajstić information content (AvgIpc) is 2.77. The second-order valence-electron chi connectivity index (χ2n) is 7.04. The largest absolute Gasteiger partial charge is 0.493 e. The van der Waals surface area contributed by atoms with Gasteiger partial charge in [0.2, 0.25) is 0 Å². The Kier molecular flexibility index (Phi) is 7.88. The fourth-order valence-electron chi connectivity index (χ4n) is 3.04. The molecule has 0 saturated heterocycles. The first-order chi connectivity index (χ1) is 15.0. The molecule has 1 aliphatic rings. The number of fused-ring (bicyclic) bond motifs is 1. The van der Waals surface area contributed by atoms with Gasteiger partial charge in [-0.05, 0) is 36.2 Å². The highest BCUT2D eigenvalue weighted by Gasteiger charge is 2.29. The van der Waals surface area contributed by atoms with E-state index in [1.165, 1.54) is 0 Å². The van der Waals surface area contributed by atoms with Crippen molar-refractivity contribution >= 4 is 30.0 Å². The van der Waals surface area contributed by atoms with Crippen LogP contribution in [-0.4, -0.2) is 33.1 Å². The summed E-state index contributed by atoms with van der Waals surface area (Å²) < 4.78 is 26.9. The highest BCUT2D eigenvalue weighted by atomic mass is 32.2. The van der Waals surface area contributed by atoms with E-state index in [0.717, 1.165) is 28.2 Å². The average molecular weight is 447 g/mol. The summed E-state index contributed by atoms with van der Waals surface area (Å²) in [5, 5.41) is 6.65. The maximum Gasteiger partial charge on any atom is 0.412 e. The lowest BCUT2D eigenvalue weighted by Crippen LogP contribution is -2.27. The summed E-state index contributed by atoms with van der Waals surface area (Å²) in [7, 11) is 3.17. The molecule has 1 unspecified atom stereocenters. The Morgan fingerprint density at radius 1 is 1.16 bits per heavy atom. The molecule has 1 N–H and O–H groups in total. The SMILES string of the molecule is COc1ccc(SON=CCCOc2ccc3c(c2)C(C(C)C)OC(=O)N3)cc1OC. The molecule has 0 aliphatic carbocycles. The van der Waals surface area contributed by atoms with E-state index >= 15 is 0 Å². The minimum atomic E-state index is -0.429. The Labute approximate surface area is 186 Å². The van der Waals surface area contributed by atoms with Gasteiger partial charge in [0, 0.05) is 24.3 Å². The molecule has 0 aromatic heterocycles. The van der Waals surface area contributed by atoms with Gasteiger partial charge < -0.3 is 23.2 Å². The fourth-order valence-corrected chi connectivity index (χ4v) is 3.51. The lowest BCUT2D eigenvalue weighted by atomic mass is 9.96. The molecule has 2 aromatic rings. The van der Waals surface area contributed by atoms with Crippen LogP contribution in [0.3, 0.4) is 0 Å². The van der Waals surface area contributed by atoms with Crippen molar-refractivity contribution in [2.45, 2.75) is 31.3 Å². The molecule has 8 nitrogen and oxygen atoms in total. The standard InChI is InChI=1S/C22H26N2O6S/c1-14(2)21-17-12-15(6-8-18(17)24-22(25)29-21)28-11-5-10-23-30-31-16-7-9-19(26-3)20(13-16)27-4/h6-10,12-14,21H,5,11H2,1-4H3,(H,24,25). The van der Waals surface area contributed by atoms with E-state index in [1.54, 1.807) is 26.5 Å². The molecule has 1 amide bonds. The van der Waals surface area contributed by atoms with Crippen LogP contribution in [0.5, 0.6) is 17.2 Å². The van der Waals surface area contributed by atoms with Crippen LogP contribution in [0.1, 0.15) is 31.9 Å². The van der Waals surface area contributed by atoms with Gasteiger partial charge in [0.1, 0.15) is 23.9 Å². The molecule has 31 heavy (non-hydrogen) atoms. The molecule has 1 aliphatic heterocycles. The van der Waals surface area contributed by atoms with Gasteiger partial charge in [0.05, 0.1) is 31.4 Å². The van der Waals surface area contributed by atoms with Gasteiger partial charge in [-0.15, -0.1) is 0 Å². The van der Waals surface area contributed by atoms with Gasteiger partial charge in [0.15, 0.2) is 11.5 Å². The van der Waals surface area contributed by atoms with Crippen LogP contribution in [0.15, 0.2) is 46.4 Å². The minimum Gasteiger partial charge on any atom is -0.493 e. The second-order valence-corrected chi connectivity index (χ2v) is 7.83. The molecule has 1 atom stereocenters. The van der Waals surface area contributed by atoms with Gasteiger partial charge in [-0.3, -0.25) is 5.32 Å². The van der Waals surface area contributed by atoms with E-state index in [-0.39, 0.29) is 12.0 Å². The maximum atomic E-state index is 11.7. The van der Waals surface area contributed by atoms with E-state index in [4.69, 9.17) is 23.2 Å². The summed E-state index contributed by atoms with van der Waals surface area (Å²) in [4.78, 5) is 12.5. The number of ether oxygens (including phenoxy) is 4. The van der Waals surface area contributed by atoms with Crippen LogP contribution in [0, 0.1) is 5.92 Å². The van der Waals surface area contributed by atoms with E-state index in [2.05, 4.69) is 10.5 Å². The minimum absolute atomic E-state index is 0.160. The highest BCUT2D eigenvalue weighted by molar-refractivity contribution is 7.94. The number of anilines is 1. The molecule has 3 rings (SSSR count). The van der Waals surface area contributed by atoms with Crippen LogP contribution in [0.25, 0.3) is 0 Å². The lowest BCUT2D eigenvalue weighted by Gasteiger charge is -2.29. The number of nitrogens with zero attached hydrogens (tertiary/aromatic N) is 1. The van der Waals surface area contributed by atoms with Crippen molar-refractivity contribution in [2.75, 3.05) is 26.1 Å². The van der Waals surface area contributed by atoms with Gasteiger partial charge in [-0.2, -0.15) is 0 Å². The number of nitrogens with one attached hydrogen (secondary N) is 1. The fraction of sp³-hybridized carbons (Fsp3) is 0.364. The van der Waals surface area contributed by atoms with Crippen LogP contribution in [0.4, 0.5) is 10.5 Å². The molecule has 2 aromatic carbocycles. The maximum absolute atomic E-state index is 11.7. The van der Waals surface area contributed by atoms with Gasteiger partial charge in [0.25, 0.3) is 0 Å². The smallest absolute Gasteiger partial charge is 0.412 e. The zero-order valence-corrected chi connectivity index (χ0v) is 18.7. The third-order valence-electron chi connectivity index (χ3n) is 4.53. The van der Waals surface area contributed by atoms with Gasteiger partial charge in [-0.25, -0.2) is 4.79 Å². The monoisotopic (exact) mass is 446 g/mol. The van der Waals surface area contributed by atoms with Crippen molar-refractivity contribution in [1.29, 1.82) is 0 Å². The van der Waals surface area contributed by atoms with Crippen molar-refractivity contribution in [1.82, 2.24) is 0 Å². The number of cyclic esters (lactones) is 1. The number of hydrogen-bond donors (Lipinski definition) is 1. The van der Waals surface area contributed by atoms with E-state index < -0.39 is 6.09 Å². The normalized spacial score (nSPS) is 15.3.